The van der Waals surface area contributed by atoms with Crippen molar-refractivity contribution in [3.05, 3.63) is 22.3 Å². The maximum atomic E-state index is 11.4. The number of esters is 1. The Hall–Kier alpha value is -1.20. The van der Waals surface area contributed by atoms with E-state index < -0.39 is 5.97 Å². The molecule has 0 N–H and O–H groups in total. The number of ether oxygens (including phenoxy) is 1. The Balaban J connectivity index is 2.41. The van der Waals surface area contributed by atoms with Crippen molar-refractivity contribution in [3.8, 4) is 0 Å². The summed E-state index contributed by atoms with van der Waals surface area (Å²) in [6.45, 7) is 2.10. The number of nitrogens with zero attached hydrogens (tertiary/aromatic N) is 2. The van der Waals surface area contributed by atoms with Gasteiger partial charge in [-0.3, -0.25) is 0 Å². The summed E-state index contributed by atoms with van der Waals surface area (Å²) >= 11 is 7.00. The second-order valence-corrected chi connectivity index (χ2v) is 4.30. The van der Waals surface area contributed by atoms with Crippen LogP contribution in [-0.4, -0.2) is 22.5 Å². The van der Waals surface area contributed by atoms with Gasteiger partial charge in [-0.15, -0.1) is 0 Å². The predicted molar refractivity (Wildman–Crippen MR) is 58.4 cm³/mol. The molecule has 0 aliphatic heterocycles. The summed E-state index contributed by atoms with van der Waals surface area (Å²) in [5.74, 6) is -0.393. The zero-order valence-corrected chi connectivity index (χ0v) is 9.43. The first-order valence-electron chi connectivity index (χ1n) is 4.30. The molecule has 6 heteroatoms. The minimum absolute atomic E-state index is 0.342. The molecular weight excluding hydrogens is 236 g/mol. The monoisotopic (exact) mass is 242 g/mol. The molecule has 2 heterocycles. The van der Waals surface area contributed by atoms with Crippen molar-refractivity contribution < 1.29 is 9.53 Å². The molecule has 2 aromatic heterocycles. The smallest absolute Gasteiger partial charge is 0.339 e. The molecule has 0 saturated heterocycles. The highest BCUT2D eigenvalue weighted by atomic mass is 35.5. The Kier molecular flexibility index (Phi) is 2.83. The number of carbonyl (C=O) groups excluding carboxylic acids is 1. The van der Waals surface area contributed by atoms with Crippen LogP contribution in [0.5, 0.6) is 0 Å². The first-order valence-corrected chi connectivity index (χ1v) is 5.49. The first kappa shape index (κ1) is 10.3. The van der Waals surface area contributed by atoms with E-state index in [0.29, 0.717) is 27.0 Å². The number of hydrogen-bond donors (Lipinski definition) is 0. The van der Waals surface area contributed by atoms with Gasteiger partial charge in [0.1, 0.15) is 10.3 Å². The van der Waals surface area contributed by atoms with Crippen molar-refractivity contribution in [2.75, 3.05) is 6.61 Å². The number of pyridine rings is 1. The highest BCUT2D eigenvalue weighted by molar-refractivity contribution is 7.21. The van der Waals surface area contributed by atoms with E-state index in [0.717, 1.165) is 0 Å². The molecule has 0 bridgehead atoms. The van der Waals surface area contributed by atoms with Gasteiger partial charge in [-0.2, -0.15) is 0 Å². The fourth-order valence-electron chi connectivity index (χ4n) is 1.12. The van der Waals surface area contributed by atoms with Crippen LogP contribution >= 0.6 is 22.9 Å². The number of halogens is 1. The molecule has 0 aromatic carbocycles. The fraction of sp³-hybridized carbons (Fsp3) is 0.222. The molecule has 0 unspecified atom stereocenters. The van der Waals surface area contributed by atoms with Crippen molar-refractivity contribution in [2.24, 2.45) is 0 Å². The second-order valence-electron chi connectivity index (χ2n) is 2.74. The average molecular weight is 243 g/mol. The molecule has 2 aromatic rings. The van der Waals surface area contributed by atoms with Crippen LogP contribution in [0.25, 0.3) is 10.3 Å². The van der Waals surface area contributed by atoms with Gasteiger partial charge < -0.3 is 4.74 Å². The van der Waals surface area contributed by atoms with E-state index >= 15 is 0 Å². The molecule has 0 aliphatic carbocycles. The van der Waals surface area contributed by atoms with E-state index in [1.807, 2.05) is 0 Å². The van der Waals surface area contributed by atoms with E-state index in [-0.39, 0.29) is 0 Å². The zero-order chi connectivity index (χ0) is 10.8. The number of thiazole rings is 1. The molecule has 0 amide bonds. The normalized spacial score (nSPS) is 10.5. The largest absolute Gasteiger partial charge is 0.462 e. The summed E-state index contributed by atoms with van der Waals surface area (Å²) in [4.78, 5) is 20.2. The number of hydrogen-bond acceptors (Lipinski definition) is 5. The van der Waals surface area contributed by atoms with E-state index in [1.54, 1.807) is 13.0 Å². The van der Waals surface area contributed by atoms with Crippen LogP contribution in [0.4, 0.5) is 0 Å². The van der Waals surface area contributed by atoms with Crippen molar-refractivity contribution in [1.29, 1.82) is 0 Å². The van der Waals surface area contributed by atoms with Crippen LogP contribution in [0.2, 0.25) is 4.47 Å². The lowest BCUT2D eigenvalue weighted by molar-refractivity contribution is 0.0526. The first-order chi connectivity index (χ1) is 7.20. The van der Waals surface area contributed by atoms with E-state index in [9.17, 15) is 4.79 Å². The lowest BCUT2D eigenvalue weighted by atomic mass is 10.3. The summed E-state index contributed by atoms with van der Waals surface area (Å²) in [5.41, 5.74) is 1.02. The molecule has 4 nitrogen and oxygen atoms in total. The minimum Gasteiger partial charge on any atom is -0.462 e. The van der Waals surface area contributed by atoms with Gasteiger partial charge >= 0.3 is 5.97 Å². The van der Waals surface area contributed by atoms with Gasteiger partial charge in [-0.05, 0) is 13.0 Å². The molecule has 0 saturated carbocycles. The predicted octanol–water partition coefficient (Wildman–Crippen LogP) is 2.52. The summed E-state index contributed by atoms with van der Waals surface area (Å²) in [6, 6.07) is 1.63. The fourth-order valence-corrected chi connectivity index (χ4v) is 2.05. The molecule has 2 rings (SSSR count). The van der Waals surface area contributed by atoms with Crippen LogP contribution in [0.1, 0.15) is 17.3 Å². The van der Waals surface area contributed by atoms with Gasteiger partial charge in [-0.1, -0.05) is 22.9 Å². The van der Waals surface area contributed by atoms with Crippen LogP contribution in [0.15, 0.2) is 12.3 Å². The number of fused-ring (bicyclic) bond motifs is 1. The molecule has 0 atom stereocenters. The summed E-state index contributed by atoms with van der Waals surface area (Å²) in [7, 11) is 0. The number of rotatable bonds is 2. The summed E-state index contributed by atoms with van der Waals surface area (Å²) in [6.07, 6.45) is 1.47. The maximum absolute atomic E-state index is 11.4. The lowest BCUT2D eigenvalue weighted by Crippen LogP contribution is -2.04. The van der Waals surface area contributed by atoms with Gasteiger partial charge in [0.15, 0.2) is 4.47 Å². The molecular formula is C9H7ClN2O2S. The second kappa shape index (κ2) is 4.12. The Morgan fingerprint density at radius 2 is 2.47 bits per heavy atom. The van der Waals surface area contributed by atoms with E-state index in [4.69, 9.17) is 16.3 Å². The average Bonchev–Trinajstić information content (AvgIpc) is 2.57. The van der Waals surface area contributed by atoms with E-state index in [1.165, 1.54) is 17.5 Å². The van der Waals surface area contributed by atoms with Crippen LogP contribution < -0.4 is 0 Å². The molecule has 78 valence electrons. The SMILES string of the molecule is CCOC(=O)c1cnc2sc(Cl)nc2c1. The molecule has 0 aliphatic rings. The number of carbonyl (C=O) groups is 1. The molecule has 15 heavy (non-hydrogen) atoms. The van der Waals surface area contributed by atoms with Gasteiger partial charge in [0, 0.05) is 6.20 Å². The van der Waals surface area contributed by atoms with Gasteiger partial charge in [0.25, 0.3) is 0 Å². The molecule has 0 fully saturated rings. The third kappa shape index (κ3) is 2.08. The third-order valence-electron chi connectivity index (χ3n) is 1.73. The van der Waals surface area contributed by atoms with Crippen LogP contribution in [0.3, 0.4) is 0 Å². The van der Waals surface area contributed by atoms with Crippen molar-refractivity contribution in [3.63, 3.8) is 0 Å². The third-order valence-corrected chi connectivity index (χ3v) is 2.82. The quantitative estimate of drug-likeness (QED) is 0.760. The Morgan fingerprint density at radius 1 is 1.67 bits per heavy atom. The van der Waals surface area contributed by atoms with E-state index in [2.05, 4.69) is 9.97 Å². The molecule has 0 radical (unpaired) electrons. The maximum Gasteiger partial charge on any atom is 0.339 e. The Bertz CT molecular complexity index is 512. The lowest BCUT2D eigenvalue weighted by Gasteiger charge is -1.99. The molecule has 0 spiro atoms. The Labute approximate surface area is 94.9 Å². The van der Waals surface area contributed by atoms with Crippen molar-refractivity contribution in [2.45, 2.75) is 6.92 Å². The van der Waals surface area contributed by atoms with Gasteiger partial charge in [0.05, 0.1) is 12.2 Å². The van der Waals surface area contributed by atoms with Crippen LogP contribution in [0, 0.1) is 0 Å². The zero-order valence-electron chi connectivity index (χ0n) is 7.86. The summed E-state index contributed by atoms with van der Waals surface area (Å²) in [5, 5.41) is 0. The van der Waals surface area contributed by atoms with Crippen LogP contribution in [-0.2, 0) is 4.74 Å². The standard InChI is InChI=1S/C9H7ClN2O2S/c1-2-14-8(13)5-3-6-7(11-4-5)15-9(10)12-6/h3-4H,2H2,1H3. The van der Waals surface area contributed by atoms with Crippen molar-refractivity contribution in [1.82, 2.24) is 9.97 Å². The highest BCUT2D eigenvalue weighted by Crippen LogP contribution is 2.24. The van der Waals surface area contributed by atoms with Crippen molar-refractivity contribution >= 4 is 39.3 Å². The summed E-state index contributed by atoms with van der Waals surface area (Å²) < 4.78 is 5.26. The topological polar surface area (TPSA) is 52.1 Å². The minimum atomic E-state index is -0.393. The Morgan fingerprint density at radius 3 is 3.20 bits per heavy atom. The van der Waals surface area contributed by atoms with Gasteiger partial charge in [0.2, 0.25) is 0 Å². The van der Waals surface area contributed by atoms with Gasteiger partial charge in [-0.25, -0.2) is 14.8 Å². The number of aromatic nitrogens is 2. The highest BCUT2D eigenvalue weighted by Gasteiger charge is 2.10.